The summed E-state index contributed by atoms with van der Waals surface area (Å²) in [4.78, 5) is 12.5. The highest BCUT2D eigenvalue weighted by Gasteiger charge is 2.17. The molecule has 21 heavy (non-hydrogen) atoms. The van der Waals surface area contributed by atoms with Crippen molar-refractivity contribution in [1.29, 1.82) is 0 Å². The lowest BCUT2D eigenvalue weighted by molar-refractivity contribution is 0.0955. The quantitative estimate of drug-likeness (QED) is 0.442. The summed E-state index contributed by atoms with van der Waals surface area (Å²) in [6.07, 6.45) is 0. The Balaban J connectivity index is 1.97. The monoisotopic (exact) mass is 298 g/mol. The van der Waals surface area contributed by atoms with Gasteiger partial charge in [-0.15, -0.1) is 11.3 Å². The Hall–Kier alpha value is -2.37. The Morgan fingerprint density at radius 1 is 1.10 bits per heavy atom. The number of rotatable bonds is 4. The summed E-state index contributed by atoms with van der Waals surface area (Å²) in [5.74, 6) is 5.75. The van der Waals surface area contributed by atoms with Crippen LogP contribution in [0.25, 0.3) is 10.1 Å². The van der Waals surface area contributed by atoms with Gasteiger partial charge in [-0.05, 0) is 23.6 Å². The van der Waals surface area contributed by atoms with E-state index in [9.17, 15) is 4.79 Å². The second-order valence-corrected chi connectivity index (χ2v) is 5.53. The van der Waals surface area contributed by atoms with Crippen LogP contribution < -0.4 is 16.0 Å². The summed E-state index contributed by atoms with van der Waals surface area (Å²) in [5, 5.41) is 1.03. The molecule has 0 spiro atoms. The Bertz CT molecular complexity index is 768. The highest BCUT2D eigenvalue weighted by Crippen LogP contribution is 2.32. The van der Waals surface area contributed by atoms with Crippen LogP contribution in [0.4, 0.5) is 0 Å². The molecule has 2 aromatic carbocycles. The summed E-state index contributed by atoms with van der Waals surface area (Å²) in [6, 6.07) is 17.4. The number of hydrogen-bond donors (Lipinski definition) is 2. The molecular formula is C16H14N2O2S. The fourth-order valence-corrected chi connectivity index (χ4v) is 3.27. The largest absolute Gasteiger partial charge is 0.489 e. The third kappa shape index (κ3) is 2.74. The third-order valence-electron chi connectivity index (χ3n) is 3.16. The maximum Gasteiger partial charge on any atom is 0.275 e. The van der Waals surface area contributed by atoms with Gasteiger partial charge in [-0.1, -0.05) is 36.4 Å². The van der Waals surface area contributed by atoms with Crippen molar-refractivity contribution in [3.63, 3.8) is 0 Å². The fraction of sp³-hybridized carbons (Fsp3) is 0.0625. The zero-order valence-electron chi connectivity index (χ0n) is 11.2. The van der Waals surface area contributed by atoms with Crippen LogP contribution in [0, 0.1) is 0 Å². The zero-order valence-corrected chi connectivity index (χ0v) is 12.0. The Morgan fingerprint density at radius 2 is 1.81 bits per heavy atom. The number of nitrogen functional groups attached to an aromatic ring is 1. The molecule has 0 aliphatic rings. The molecule has 1 heterocycles. The first kappa shape index (κ1) is 13.6. The number of thiophene rings is 1. The molecule has 0 fully saturated rings. The second-order valence-electron chi connectivity index (χ2n) is 4.48. The van der Waals surface area contributed by atoms with E-state index in [-0.39, 0.29) is 5.91 Å². The van der Waals surface area contributed by atoms with Gasteiger partial charge in [-0.2, -0.15) is 0 Å². The Kier molecular flexibility index (Phi) is 3.85. The number of nitrogens with one attached hydrogen (secondary N) is 1. The van der Waals surface area contributed by atoms with Crippen LogP contribution in [-0.2, 0) is 6.61 Å². The average molecular weight is 298 g/mol. The number of ether oxygens (including phenoxy) is 1. The number of fused-ring (bicyclic) bond motifs is 1. The lowest BCUT2D eigenvalue weighted by Gasteiger charge is -2.07. The summed E-state index contributed by atoms with van der Waals surface area (Å²) in [7, 11) is 0. The van der Waals surface area contributed by atoms with Crippen LogP contribution in [0.5, 0.6) is 5.75 Å². The molecule has 0 saturated carbocycles. The van der Waals surface area contributed by atoms with Crippen molar-refractivity contribution >= 4 is 27.3 Å². The Morgan fingerprint density at radius 3 is 2.57 bits per heavy atom. The lowest BCUT2D eigenvalue weighted by Crippen LogP contribution is -2.30. The number of hydrogen-bond acceptors (Lipinski definition) is 4. The van der Waals surface area contributed by atoms with Gasteiger partial charge in [-0.25, -0.2) is 5.84 Å². The molecule has 1 amide bonds. The van der Waals surface area contributed by atoms with Crippen molar-refractivity contribution in [3.8, 4) is 5.75 Å². The number of amides is 1. The van der Waals surface area contributed by atoms with Gasteiger partial charge in [0, 0.05) is 10.3 Å². The number of carbonyl (C=O) groups excluding carboxylic acids is 1. The maximum absolute atomic E-state index is 11.9. The first-order valence-corrected chi connectivity index (χ1v) is 7.30. The summed E-state index contributed by atoms with van der Waals surface area (Å²) in [6.45, 7) is 0.330. The van der Waals surface area contributed by atoms with Crippen molar-refractivity contribution in [2.75, 3.05) is 0 Å². The lowest BCUT2D eigenvalue weighted by atomic mass is 10.1. The topological polar surface area (TPSA) is 64.3 Å². The van der Waals surface area contributed by atoms with E-state index in [0.717, 1.165) is 21.4 Å². The average Bonchev–Trinajstić information content (AvgIpc) is 2.92. The molecule has 3 rings (SSSR count). The molecule has 0 atom stereocenters. The zero-order chi connectivity index (χ0) is 14.7. The smallest absolute Gasteiger partial charge is 0.275 e. The van der Waals surface area contributed by atoms with Gasteiger partial charge < -0.3 is 4.74 Å². The minimum absolute atomic E-state index is 0.289. The van der Waals surface area contributed by atoms with Crippen LogP contribution in [0.3, 0.4) is 0 Å². The summed E-state index contributed by atoms with van der Waals surface area (Å²) in [5.41, 5.74) is 3.06. The van der Waals surface area contributed by atoms with Crippen LogP contribution in [0.2, 0.25) is 0 Å². The fourth-order valence-electron chi connectivity index (χ4n) is 2.16. The summed E-state index contributed by atoms with van der Waals surface area (Å²) >= 11 is 1.42. The number of hydrazine groups is 1. The molecule has 106 valence electrons. The predicted octanol–water partition coefficient (Wildman–Crippen LogP) is 3.08. The summed E-state index contributed by atoms with van der Waals surface area (Å²) < 4.78 is 6.82. The highest BCUT2D eigenvalue weighted by atomic mass is 32.1. The molecule has 0 bridgehead atoms. The molecule has 3 aromatic rings. The van der Waals surface area contributed by atoms with Crippen molar-refractivity contribution in [1.82, 2.24) is 5.43 Å². The Labute approximate surface area is 126 Å². The van der Waals surface area contributed by atoms with E-state index in [1.807, 2.05) is 54.6 Å². The van der Waals surface area contributed by atoms with Crippen molar-refractivity contribution in [3.05, 3.63) is 65.0 Å². The van der Waals surface area contributed by atoms with Crippen LogP contribution >= 0.6 is 11.3 Å². The normalized spacial score (nSPS) is 10.5. The third-order valence-corrected chi connectivity index (χ3v) is 4.37. The molecule has 0 unspecified atom stereocenters. The molecule has 4 nitrogen and oxygen atoms in total. The number of benzene rings is 2. The van der Waals surface area contributed by atoms with Crippen molar-refractivity contribution < 1.29 is 9.53 Å². The van der Waals surface area contributed by atoms with Gasteiger partial charge in [0.1, 0.15) is 17.2 Å². The first-order chi connectivity index (χ1) is 10.3. The standard InChI is InChI=1S/C16H14N2O2S/c17-18-16(19)15-13(10-20-11-6-2-1-3-7-11)12-8-4-5-9-14(12)21-15/h1-9H,10,17H2,(H,18,19). The van der Waals surface area contributed by atoms with Crippen molar-refractivity contribution in [2.24, 2.45) is 5.84 Å². The highest BCUT2D eigenvalue weighted by molar-refractivity contribution is 7.21. The van der Waals surface area contributed by atoms with Crippen LogP contribution in [0.1, 0.15) is 15.2 Å². The minimum Gasteiger partial charge on any atom is -0.489 e. The molecule has 0 aliphatic heterocycles. The van der Waals surface area contributed by atoms with E-state index in [1.165, 1.54) is 11.3 Å². The van der Waals surface area contributed by atoms with Gasteiger partial charge in [0.15, 0.2) is 0 Å². The van der Waals surface area contributed by atoms with E-state index >= 15 is 0 Å². The minimum atomic E-state index is -0.289. The van der Waals surface area contributed by atoms with E-state index in [2.05, 4.69) is 5.43 Å². The van der Waals surface area contributed by atoms with Gasteiger partial charge in [-0.3, -0.25) is 10.2 Å². The molecule has 3 N–H and O–H groups in total. The maximum atomic E-state index is 11.9. The van der Waals surface area contributed by atoms with Gasteiger partial charge in [0.25, 0.3) is 5.91 Å². The predicted molar refractivity (Wildman–Crippen MR) is 84.3 cm³/mol. The van der Waals surface area contributed by atoms with Gasteiger partial charge in [0.2, 0.25) is 0 Å². The number of nitrogens with two attached hydrogens (primary N) is 1. The molecule has 0 saturated heterocycles. The van der Waals surface area contributed by atoms with Crippen LogP contribution in [0.15, 0.2) is 54.6 Å². The van der Waals surface area contributed by atoms with Gasteiger partial charge >= 0.3 is 0 Å². The second kappa shape index (κ2) is 5.95. The van der Waals surface area contributed by atoms with Crippen LogP contribution in [-0.4, -0.2) is 5.91 Å². The van der Waals surface area contributed by atoms with E-state index < -0.39 is 0 Å². The molecule has 0 radical (unpaired) electrons. The van der Waals surface area contributed by atoms with E-state index in [1.54, 1.807) is 0 Å². The van der Waals surface area contributed by atoms with E-state index in [0.29, 0.717) is 11.5 Å². The molecule has 0 aliphatic carbocycles. The molecule has 1 aromatic heterocycles. The van der Waals surface area contributed by atoms with Gasteiger partial charge in [0.05, 0.1) is 0 Å². The first-order valence-electron chi connectivity index (χ1n) is 6.49. The SMILES string of the molecule is NNC(=O)c1sc2ccccc2c1COc1ccccc1. The number of para-hydroxylation sites is 1. The molecule has 5 heteroatoms. The molecular weight excluding hydrogens is 284 g/mol. The number of carbonyl (C=O) groups is 1. The van der Waals surface area contributed by atoms with E-state index in [4.69, 9.17) is 10.6 Å². The van der Waals surface area contributed by atoms with Crippen molar-refractivity contribution in [2.45, 2.75) is 6.61 Å².